The number of hydrogen-bond acceptors (Lipinski definition) is 3. The lowest BCUT2D eigenvalue weighted by atomic mass is 9.92. The molecule has 0 saturated carbocycles. The fourth-order valence-electron chi connectivity index (χ4n) is 4.21. The number of rotatable bonds is 6. The molecule has 34 heavy (non-hydrogen) atoms. The Bertz CT molecular complexity index is 1280. The Kier molecular flexibility index (Phi) is 6.24. The van der Waals surface area contributed by atoms with E-state index in [1.807, 2.05) is 36.4 Å². The number of ether oxygens (including phenoxy) is 2. The summed E-state index contributed by atoms with van der Waals surface area (Å²) >= 11 is 6.11. The predicted octanol–water partition coefficient (Wildman–Crippen LogP) is 7.71. The fraction of sp³-hybridized carbons (Fsp3) is 0.138. The van der Waals surface area contributed by atoms with E-state index in [2.05, 4.69) is 65.6 Å². The van der Waals surface area contributed by atoms with E-state index in [0.29, 0.717) is 0 Å². The predicted molar refractivity (Wildman–Crippen MR) is 140 cm³/mol. The maximum atomic E-state index is 6.11. The first-order chi connectivity index (χ1) is 16.6. The molecular weight excluding hydrogens is 444 g/mol. The van der Waals surface area contributed by atoms with Gasteiger partial charge >= 0.3 is 0 Å². The molecule has 1 aliphatic heterocycles. The van der Waals surface area contributed by atoms with Gasteiger partial charge in [-0.15, -0.1) is 0 Å². The van der Waals surface area contributed by atoms with Gasteiger partial charge in [0.15, 0.2) is 0 Å². The lowest BCUT2D eigenvalue weighted by molar-refractivity contribution is 0.414. The van der Waals surface area contributed by atoms with Crippen molar-refractivity contribution in [1.29, 1.82) is 0 Å². The van der Waals surface area contributed by atoms with Gasteiger partial charge in [0.05, 0.1) is 25.9 Å². The molecule has 170 valence electrons. The van der Waals surface area contributed by atoms with Gasteiger partial charge in [-0.25, -0.2) is 4.99 Å². The van der Waals surface area contributed by atoms with Crippen molar-refractivity contribution in [2.24, 2.45) is 4.99 Å². The molecule has 0 aromatic heterocycles. The molecule has 0 bridgehead atoms. The van der Waals surface area contributed by atoms with Crippen LogP contribution in [0, 0.1) is 0 Å². The number of benzene rings is 4. The number of anilines is 1. The van der Waals surface area contributed by atoms with Crippen LogP contribution in [0.4, 0.5) is 11.4 Å². The Labute approximate surface area is 205 Å². The molecule has 1 aliphatic rings. The lowest BCUT2D eigenvalue weighted by Gasteiger charge is -2.44. The smallest absolute Gasteiger partial charge is 0.119 e. The molecule has 5 rings (SSSR count). The highest BCUT2D eigenvalue weighted by Gasteiger charge is 2.36. The molecule has 4 aromatic rings. The minimum absolute atomic E-state index is 0.211. The van der Waals surface area contributed by atoms with E-state index in [-0.39, 0.29) is 6.04 Å². The zero-order chi connectivity index (χ0) is 23.5. The molecule has 1 atom stereocenters. The van der Waals surface area contributed by atoms with Crippen LogP contribution < -0.4 is 14.4 Å². The summed E-state index contributed by atoms with van der Waals surface area (Å²) in [4.78, 5) is 7.26. The molecule has 4 nitrogen and oxygen atoms in total. The van der Waals surface area contributed by atoms with E-state index in [1.165, 1.54) is 5.56 Å². The maximum absolute atomic E-state index is 6.11. The summed E-state index contributed by atoms with van der Waals surface area (Å²) in [5, 5.41) is 0.741. The van der Waals surface area contributed by atoms with Crippen LogP contribution in [-0.2, 0) is 0 Å². The number of aliphatic imine (C=N–C) groups is 1. The molecule has 0 radical (unpaired) electrons. The second-order valence-electron chi connectivity index (χ2n) is 8.14. The summed E-state index contributed by atoms with van der Waals surface area (Å²) in [5.41, 5.74) is 5.52. The summed E-state index contributed by atoms with van der Waals surface area (Å²) in [6.07, 6.45) is 0.855. The van der Waals surface area contributed by atoms with Crippen molar-refractivity contribution >= 4 is 28.8 Å². The molecule has 0 aliphatic carbocycles. The lowest BCUT2D eigenvalue weighted by Crippen LogP contribution is -2.46. The van der Waals surface area contributed by atoms with Gasteiger partial charge in [-0.1, -0.05) is 48.0 Å². The van der Waals surface area contributed by atoms with Crippen LogP contribution in [0.3, 0.4) is 0 Å². The first-order valence-electron chi connectivity index (χ1n) is 11.2. The van der Waals surface area contributed by atoms with Crippen LogP contribution in [0.2, 0.25) is 5.02 Å². The zero-order valence-corrected chi connectivity index (χ0v) is 19.9. The molecular formula is C29H25ClN2O2. The van der Waals surface area contributed by atoms with Crippen molar-refractivity contribution in [3.8, 4) is 22.6 Å². The second kappa shape index (κ2) is 9.62. The summed E-state index contributed by atoms with van der Waals surface area (Å²) in [5.74, 6) is 2.72. The molecule has 5 heteroatoms. The normalized spacial score (nSPS) is 16.3. The second-order valence-corrected chi connectivity index (χ2v) is 8.58. The van der Waals surface area contributed by atoms with Crippen LogP contribution in [0.25, 0.3) is 11.1 Å². The molecule has 4 aromatic carbocycles. The van der Waals surface area contributed by atoms with Crippen molar-refractivity contribution < 1.29 is 9.47 Å². The van der Waals surface area contributed by atoms with Crippen LogP contribution in [0.5, 0.6) is 11.5 Å². The Hall–Kier alpha value is -3.76. The van der Waals surface area contributed by atoms with E-state index in [1.54, 1.807) is 14.2 Å². The van der Waals surface area contributed by atoms with Crippen molar-refractivity contribution in [3.05, 3.63) is 108 Å². The van der Waals surface area contributed by atoms with Gasteiger partial charge in [0.25, 0.3) is 0 Å². The van der Waals surface area contributed by atoms with E-state index in [0.717, 1.165) is 51.3 Å². The van der Waals surface area contributed by atoms with Gasteiger partial charge in [0.1, 0.15) is 17.3 Å². The molecule has 1 unspecified atom stereocenters. The van der Waals surface area contributed by atoms with Crippen LogP contribution in [0.1, 0.15) is 18.0 Å². The van der Waals surface area contributed by atoms with Gasteiger partial charge in [-0.2, -0.15) is 0 Å². The van der Waals surface area contributed by atoms with Gasteiger partial charge in [0.2, 0.25) is 0 Å². The summed E-state index contributed by atoms with van der Waals surface area (Å²) < 4.78 is 10.6. The highest BCUT2D eigenvalue weighted by Crippen LogP contribution is 2.41. The number of hydrogen-bond donors (Lipinski definition) is 0. The number of halogens is 1. The summed E-state index contributed by atoms with van der Waals surface area (Å²) in [7, 11) is 3.35. The van der Waals surface area contributed by atoms with Crippen molar-refractivity contribution in [3.63, 3.8) is 0 Å². The molecule has 1 heterocycles. The Morgan fingerprint density at radius 3 is 1.79 bits per heavy atom. The average Bonchev–Trinajstić information content (AvgIpc) is 2.88. The molecule has 1 fully saturated rings. The van der Waals surface area contributed by atoms with E-state index >= 15 is 0 Å². The third-order valence-electron chi connectivity index (χ3n) is 6.12. The van der Waals surface area contributed by atoms with Gasteiger partial charge < -0.3 is 14.4 Å². The van der Waals surface area contributed by atoms with E-state index in [4.69, 9.17) is 26.1 Å². The van der Waals surface area contributed by atoms with Crippen molar-refractivity contribution in [2.75, 3.05) is 19.1 Å². The van der Waals surface area contributed by atoms with E-state index in [9.17, 15) is 0 Å². The number of methoxy groups -OCH3 is 2. The topological polar surface area (TPSA) is 34.1 Å². The summed E-state index contributed by atoms with van der Waals surface area (Å²) in [6, 6.07) is 32.8. The third kappa shape index (κ3) is 4.50. The van der Waals surface area contributed by atoms with Crippen molar-refractivity contribution in [2.45, 2.75) is 12.5 Å². The molecule has 0 spiro atoms. The largest absolute Gasteiger partial charge is 0.497 e. The monoisotopic (exact) mass is 468 g/mol. The molecule has 1 saturated heterocycles. The maximum Gasteiger partial charge on any atom is 0.119 e. The highest BCUT2D eigenvalue weighted by atomic mass is 35.5. The number of nitrogens with zero attached hydrogens (tertiary/aromatic N) is 2. The molecule has 0 amide bonds. The molecule has 0 N–H and O–H groups in total. The van der Waals surface area contributed by atoms with Crippen molar-refractivity contribution in [1.82, 2.24) is 0 Å². The van der Waals surface area contributed by atoms with Crippen LogP contribution >= 0.6 is 11.6 Å². The first kappa shape index (κ1) is 22.1. The standard InChI is InChI=1S/C29H25ClN2O2/c1-33-26-15-7-21(8-16-26)20-5-11-24(12-6-20)31-29-19-28(22-3-9-23(30)10-4-22)32(29)25-13-17-27(34-2)18-14-25/h3-18,28H,19H2,1-2H3. The highest BCUT2D eigenvalue weighted by molar-refractivity contribution is 6.30. The van der Waals surface area contributed by atoms with Gasteiger partial charge in [-0.05, 0) is 77.4 Å². The van der Waals surface area contributed by atoms with Gasteiger partial charge in [-0.3, -0.25) is 0 Å². The SMILES string of the molecule is COc1ccc(-c2ccc(N=C3CC(c4ccc(Cl)cc4)N3c3ccc(OC)cc3)cc2)cc1. The van der Waals surface area contributed by atoms with Crippen LogP contribution in [-0.4, -0.2) is 20.1 Å². The minimum Gasteiger partial charge on any atom is -0.497 e. The Morgan fingerprint density at radius 2 is 1.24 bits per heavy atom. The Balaban J connectivity index is 1.42. The van der Waals surface area contributed by atoms with E-state index < -0.39 is 0 Å². The quantitative estimate of drug-likeness (QED) is 0.290. The zero-order valence-electron chi connectivity index (χ0n) is 19.1. The third-order valence-corrected chi connectivity index (χ3v) is 6.37. The van der Waals surface area contributed by atoms with Crippen LogP contribution in [0.15, 0.2) is 102 Å². The Morgan fingerprint density at radius 1 is 0.706 bits per heavy atom. The number of amidine groups is 1. The first-order valence-corrected chi connectivity index (χ1v) is 11.5. The minimum atomic E-state index is 0.211. The summed E-state index contributed by atoms with van der Waals surface area (Å²) in [6.45, 7) is 0. The average molecular weight is 469 g/mol. The van der Waals surface area contributed by atoms with Gasteiger partial charge in [0, 0.05) is 17.1 Å². The fourth-order valence-corrected chi connectivity index (χ4v) is 4.34.